The van der Waals surface area contributed by atoms with Crippen molar-refractivity contribution < 1.29 is 45.1 Å². The molecule has 2 aromatic carbocycles. The van der Waals surface area contributed by atoms with Crippen LogP contribution in [-0.2, 0) is 4.79 Å². The lowest BCUT2D eigenvalue weighted by Crippen LogP contribution is -2.57. The quantitative estimate of drug-likeness (QED) is 0.194. The van der Waals surface area contributed by atoms with E-state index in [1.165, 1.54) is 31.5 Å². The first-order valence-electron chi connectivity index (χ1n) is 9.95. The van der Waals surface area contributed by atoms with E-state index in [2.05, 4.69) is 10.5 Å². The molecule has 198 valence electrons. The molecule has 0 spiro atoms. The van der Waals surface area contributed by atoms with Crippen LogP contribution in [0.15, 0.2) is 47.6 Å². The Morgan fingerprint density at radius 2 is 1.70 bits per heavy atom. The van der Waals surface area contributed by atoms with Gasteiger partial charge in [-0.25, -0.2) is 5.43 Å². The number of nitrogens with zero attached hydrogens (tertiary/aromatic N) is 1. The molecule has 0 atom stereocenters. The lowest BCUT2D eigenvalue weighted by atomic mass is 10.1. The molecule has 6 nitrogen and oxygen atoms in total. The number of hydrogen-bond donors (Lipinski definition) is 2. The molecule has 1 aromatic heterocycles. The largest absolute Gasteiger partial charge is 0.497 e. The number of hydrogen-bond acceptors (Lipinski definition) is 5. The van der Waals surface area contributed by atoms with E-state index in [0.29, 0.717) is 15.8 Å². The number of ether oxygens (including phenoxy) is 1. The molecule has 2 amide bonds. The second kappa shape index (κ2) is 10.2. The van der Waals surface area contributed by atoms with Gasteiger partial charge in [-0.1, -0.05) is 23.7 Å². The molecule has 0 bridgehead atoms. The summed E-state index contributed by atoms with van der Waals surface area (Å²) < 4.78 is 96.1. The standard InChI is InChI=1S/C22H15ClF7N3O3S/c1-10(32-33-18(34)17-16(23)14-7-6-13(36-2)9-15(14)37-17)11-4-3-5-12(8-11)31-19(35)20(24,25)21(26,27)22(28,29)30/h3-9H,1-2H3,(H,31,35)(H,33,34). The maximum atomic E-state index is 13.6. The molecule has 15 heteroatoms. The van der Waals surface area contributed by atoms with Crippen molar-refractivity contribution in [3.05, 3.63) is 57.9 Å². The number of fused-ring (bicyclic) bond motifs is 1. The predicted molar refractivity (Wildman–Crippen MR) is 124 cm³/mol. The Hall–Kier alpha value is -3.39. The van der Waals surface area contributed by atoms with Gasteiger partial charge in [-0.3, -0.25) is 9.59 Å². The third kappa shape index (κ3) is 5.49. The van der Waals surface area contributed by atoms with Gasteiger partial charge in [-0.2, -0.15) is 35.8 Å². The highest BCUT2D eigenvalue weighted by atomic mass is 35.5. The minimum atomic E-state index is -6.65. The van der Waals surface area contributed by atoms with E-state index in [-0.39, 0.29) is 21.2 Å². The molecule has 1 heterocycles. The highest BCUT2D eigenvalue weighted by molar-refractivity contribution is 7.21. The highest BCUT2D eigenvalue weighted by Gasteiger charge is 2.76. The molecule has 0 saturated carbocycles. The van der Waals surface area contributed by atoms with Crippen LogP contribution in [-0.4, -0.2) is 42.7 Å². The van der Waals surface area contributed by atoms with E-state index in [9.17, 15) is 40.3 Å². The van der Waals surface area contributed by atoms with Crippen molar-refractivity contribution in [3.63, 3.8) is 0 Å². The Morgan fingerprint density at radius 1 is 1.03 bits per heavy atom. The molecule has 0 saturated heterocycles. The number of carbonyl (C=O) groups excluding carboxylic acids is 2. The fourth-order valence-corrected chi connectivity index (χ4v) is 4.36. The molecular weight excluding hydrogens is 555 g/mol. The summed E-state index contributed by atoms with van der Waals surface area (Å²) in [6, 6.07) is 9.56. The highest BCUT2D eigenvalue weighted by Crippen LogP contribution is 2.47. The Kier molecular flexibility index (Phi) is 7.75. The first kappa shape index (κ1) is 28.2. The first-order chi connectivity index (χ1) is 17.1. The molecule has 3 rings (SSSR count). The molecule has 3 aromatic rings. The van der Waals surface area contributed by atoms with Gasteiger partial charge < -0.3 is 10.1 Å². The summed E-state index contributed by atoms with van der Waals surface area (Å²) in [7, 11) is 1.48. The minimum Gasteiger partial charge on any atom is -0.497 e. The smallest absolute Gasteiger partial charge is 0.460 e. The molecule has 37 heavy (non-hydrogen) atoms. The Labute approximate surface area is 213 Å². The summed E-state index contributed by atoms with van der Waals surface area (Å²) >= 11 is 7.35. The second-order valence-electron chi connectivity index (χ2n) is 7.43. The number of nitrogens with one attached hydrogen (secondary N) is 2. The van der Waals surface area contributed by atoms with Crippen molar-refractivity contribution >= 4 is 56.2 Å². The van der Waals surface area contributed by atoms with E-state index in [4.69, 9.17) is 16.3 Å². The Morgan fingerprint density at radius 3 is 2.32 bits per heavy atom. The lowest BCUT2D eigenvalue weighted by Gasteiger charge is -2.27. The van der Waals surface area contributed by atoms with Crippen LogP contribution in [0.1, 0.15) is 22.2 Å². The number of anilines is 1. The molecule has 2 N–H and O–H groups in total. The van der Waals surface area contributed by atoms with Crippen molar-refractivity contribution in [1.82, 2.24) is 5.43 Å². The molecular formula is C22H15ClF7N3O3S. The normalized spacial score (nSPS) is 13.0. The van der Waals surface area contributed by atoms with Gasteiger partial charge in [0, 0.05) is 15.8 Å². The van der Waals surface area contributed by atoms with Crippen LogP contribution in [0.3, 0.4) is 0 Å². The number of hydrazone groups is 1. The lowest BCUT2D eigenvalue weighted by molar-refractivity contribution is -0.343. The minimum absolute atomic E-state index is 0.0794. The summed E-state index contributed by atoms with van der Waals surface area (Å²) in [6.45, 7) is 1.38. The first-order valence-corrected chi connectivity index (χ1v) is 11.1. The van der Waals surface area contributed by atoms with Gasteiger partial charge in [0.1, 0.15) is 10.6 Å². The van der Waals surface area contributed by atoms with E-state index in [1.807, 2.05) is 0 Å². The molecule has 0 fully saturated rings. The Balaban J connectivity index is 1.77. The third-order valence-electron chi connectivity index (χ3n) is 4.94. The number of methoxy groups -OCH3 is 1. The zero-order valence-electron chi connectivity index (χ0n) is 18.6. The van der Waals surface area contributed by atoms with Gasteiger partial charge >= 0.3 is 23.9 Å². The summed E-state index contributed by atoms with van der Waals surface area (Å²) in [5.41, 5.74) is 1.95. The van der Waals surface area contributed by atoms with Crippen LogP contribution in [0.25, 0.3) is 10.1 Å². The molecule has 0 unspecified atom stereocenters. The van der Waals surface area contributed by atoms with Crippen molar-refractivity contribution in [2.45, 2.75) is 24.9 Å². The number of amides is 2. The van der Waals surface area contributed by atoms with Gasteiger partial charge in [0.25, 0.3) is 5.91 Å². The summed E-state index contributed by atoms with van der Waals surface area (Å²) in [5.74, 6) is -15.7. The van der Waals surface area contributed by atoms with Crippen molar-refractivity contribution in [3.8, 4) is 5.75 Å². The SMILES string of the molecule is COc1ccc2c(Cl)c(C(=O)NN=C(C)c3cccc(NC(=O)C(F)(F)C(F)(F)C(F)(F)F)c3)sc2c1. The second-order valence-corrected chi connectivity index (χ2v) is 8.86. The topological polar surface area (TPSA) is 79.8 Å². The predicted octanol–water partition coefficient (Wildman–Crippen LogP) is 6.49. The van der Waals surface area contributed by atoms with Gasteiger partial charge in [0.2, 0.25) is 0 Å². The number of halogens is 8. The van der Waals surface area contributed by atoms with Crippen LogP contribution >= 0.6 is 22.9 Å². The van der Waals surface area contributed by atoms with Crippen molar-refractivity contribution in [2.24, 2.45) is 5.10 Å². The van der Waals surface area contributed by atoms with Crippen LogP contribution in [0, 0.1) is 0 Å². The van der Waals surface area contributed by atoms with E-state index < -0.39 is 35.5 Å². The number of benzene rings is 2. The van der Waals surface area contributed by atoms with Crippen LogP contribution in [0.2, 0.25) is 5.02 Å². The van der Waals surface area contributed by atoms with Crippen molar-refractivity contribution in [2.75, 3.05) is 12.4 Å². The third-order valence-corrected chi connectivity index (χ3v) is 6.60. The fourth-order valence-electron chi connectivity index (χ4n) is 2.92. The van der Waals surface area contributed by atoms with Crippen LogP contribution < -0.4 is 15.5 Å². The number of thiophene rings is 1. The molecule has 0 aliphatic rings. The van der Waals surface area contributed by atoms with Crippen molar-refractivity contribution in [1.29, 1.82) is 0 Å². The average Bonchev–Trinajstić information content (AvgIpc) is 3.17. The van der Waals surface area contributed by atoms with E-state index >= 15 is 0 Å². The average molecular weight is 570 g/mol. The fraction of sp³-hybridized carbons (Fsp3) is 0.227. The van der Waals surface area contributed by atoms with E-state index in [1.54, 1.807) is 18.2 Å². The maximum absolute atomic E-state index is 13.6. The van der Waals surface area contributed by atoms with E-state index in [0.717, 1.165) is 23.5 Å². The van der Waals surface area contributed by atoms with Crippen LogP contribution in [0.5, 0.6) is 5.75 Å². The number of alkyl halides is 7. The van der Waals surface area contributed by atoms with Gasteiger partial charge in [-0.15, -0.1) is 11.3 Å². The summed E-state index contributed by atoms with van der Waals surface area (Å²) in [4.78, 5) is 24.3. The number of rotatable bonds is 7. The zero-order chi connectivity index (χ0) is 27.8. The number of carbonyl (C=O) groups is 2. The summed E-state index contributed by atoms with van der Waals surface area (Å²) in [6.07, 6.45) is -6.65. The van der Waals surface area contributed by atoms with Gasteiger partial charge in [0.15, 0.2) is 0 Å². The molecule has 0 aliphatic carbocycles. The van der Waals surface area contributed by atoms with Gasteiger partial charge in [0.05, 0.1) is 17.8 Å². The zero-order valence-corrected chi connectivity index (χ0v) is 20.2. The maximum Gasteiger partial charge on any atom is 0.460 e. The monoisotopic (exact) mass is 569 g/mol. The summed E-state index contributed by atoms with van der Waals surface area (Å²) in [5, 5.41) is 5.99. The molecule has 0 radical (unpaired) electrons. The van der Waals surface area contributed by atoms with Crippen LogP contribution in [0.4, 0.5) is 36.4 Å². The molecule has 0 aliphatic heterocycles. The Bertz CT molecular complexity index is 1390. The van der Waals surface area contributed by atoms with Gasteiger partial charge in [-0.05, 0) is 42.8 Å².